The lowest BCUT2D eigenvalue weighted by atomic mass is 9.95. The molecule has 2 aromatic rings. The van der Waals surface area contributed by atoms with Gasteiger partial charge in [-0.2, -0.15) is 0 Å². The van der Waals surface area contributed by atoms with Crippen LogP contribution in [-0.2, 0) is 17.6 Å². The molecule has 0 atom stereocenters. The van der Waals surface area contributed by atoms with Crippen molar-refractivity contribution in [3.63, 3.8) is 0 Å². The number of fused-ring (bicyclic) bond motifs is 1. The van der Waals surface area contributed by atoms with Crippen molar-refractivity contribution < 1.29 is 9.59 Å². The van der Waals surface area contributed by atoms with Crippen molar-refractivity contribution in [1.29, 1.82) is 0 Å². The first kappa shape index (κ1) is 20.1. The average Bonchev–Trinajstić information content (AvgIpc) is 3.15. The van der Waals surface area contributed by atoms with Crippen molar-refractivity contribution in [2.45, 2.75) is 39.5 Å². The zero-order chi connectivity index (χ0) is 20.4. The van der Waals surface area contributed by atoms with Gasteiger partial charge in [-0.15, -0.1) is 11.3 Å². The van der Waals surface area contributed by atoms with Crippen molar-refractivity contribution in [2.24, 2.45) is 0 Å². The fraction of sp³-hybridized carbons (Fsp3) is 0.478. The summed E-state index contributed by atoms with van der Waals surface area (Å²) < 4.78 is 0. The van der Waals surface area contributed by atoms with Crippen LogP contribution in [0, 0.1) is 13.8 Å². The van der Waals surface area contributed by atoms with Gasteiger partial charge in [0.25, 0.3) is 5.91 Å². The highest BCUT2D eigenvalue weighted by Crippen LogP contribution is 2.31. The Morgan fingerprint density at radius 2 is 1.83 bits per heavy atom. The molecule has 5 nitrogen and oxygen atoms in total. The van der Waals surface area contributed by atoms with Crippen molar-refractivity contribution in [3.05, 3.63) is 50.7 Å². The molecule has 0 radical (unpaired) electrons. The van der Waals surface area contributed by atoms with E-state index < -0.39 is 0 Å². The molecule has 2 aliphatic rings. The van der Waals surface area contributed by atoms with Gasteiger partial charge in [0.1, 0.15) is 0 Å². The van der Waals surface area contributed by atoms with Crippen LogP contribution < -0.4 is 5.32 Å². The summed E-state index contributed by atoms with van der Waals surface area (Å²) in [6, 6.07) is 5.95. The van der Waals surface area contributed by atoms with Crippen LogP contribution in [0.3, 0.4) is 0 Å². The number of piperazine rings is 1. The Morgan fingerprint density at radius 1 is 1.07 bits per heavy atom. The van der Waals surface area contributed by atoms with E-state index in [0.717, 1.165) is 42.7 Å². The summed E-state index contributed by atoms with van der Waals surface area (Å²) in [6.07, 6.45) is 4.59. The molecule has 1 aromatic heterocycles. The second-order valence-electron chi connectivity index (χ2n) is 8.12. The molecule has 0 spiro atoms. The normalized spacial score (nSPS) is 17.1. The van der Waals surface area contributed by atoms with E-state index >= 15 is 0 Å². The standard InChI is InChI=1S/C23H29N3O2S/c1-16-6-5-8-20(17(16)2)24-22(27)14-25-10-12-26(13-11-25)23(28)19-15-29-21-9-4-3-7-18(19)21/h5-6,8,15H,3-4,7,9-14H2,1-2H3,(H,24,27). The lowest BCUT2D eigenvalue weighted by Gasteiger charge is -2.34. The van der Waals surface area contributed by atoms with Gasteiger partial charge < -0.3 is 10.2 Å². The minimum absolute atomic E-state index is 0.00498. The van der Waals surface area contributed by atoms with Crippen LogP contribution in [0.5, 0.6) is 0 Å². The Labute approximate surface area is 176 Å². The molecule has 29 heavy (non-hydrogen) atoms. The molecular formula is C23H29N3O2S. The van der Waals surface area contributed by atoms with Crippen molar-refractivity contribution in [2.75, 3.05) is 38.0 Å². The Bertz CT molecular complexity index is 913. The summed E-state index contributed by atoms with van der Waals surface area (Å²) in [5.41, 5.74) is 5.37. The largest absolute Gasteiger partial charge is 0.336 e. The van der Waals surface area contributed by atoms with Gasteiger partial charge in [-0.25, -0.2) is 0 Å². The second-order valence-corrected chi connectivity index (χ2v) is 9.09. The van der Waals surface area contributed by atoms with Gasteiger partial charge in [0.15, 0.2) is 0 Å². The Hall–Kier alpha value is -2.18. The summed E-state index contributed by atoms with van der Waals surface area (Å²) in [7, 11) is 0. The molecule has 1 aliphatic heterocycles. The molecule has 1 aliphatic carbocycles. The van der Waals surface area contributed by atoms with E-state index in [1.807, 2.05) is 36.9 Å². The number of hydrogen-bond acceptors (Lipinski definition) is 4. The summed E-state index contributed by atoms with van der Waals surface area (Å²) in [4.78, 5) is 31.0. The van der Waals surface area contributed by atoms with Gasteiger partial charge in [0.05, 0.1) is 12.1 Å². The lowest BCUT2D eigenvalue weighted by molar-refractivity contribution is -0.117. The van der Waals surface area contributed by atoms with E-state index in [-0.39, 0.29) is 11.8 Å². The van der Waals surface area contributed by atoms with Crippen molar-refractivity contribution in [3.8, 4) is 0 Å². The number of anilines is 1. The molecule has 0 unspecified atom stereocenters. The molecular weight excluding hydrogens is 382 g/mol. The molecule has 154 valence electrons. The first-order chi connectivity index (χ1) is 14.0. The van der Waals surface area contributed by atoms with Crippen molar-refractivity contribution >= 4 is 28.8 Å². The number of hydrogen-bond donors (Lipinski definition) is 1. The number of carbonyl (C=O) groups excluding carboxylic acids is 2. The minimum atomic E-state index is 0.00498. The molecule has 0 bridgehead atoms. The molecule has 2 amide bonds. The maximum atomic E-state index is 13.0. The van der Waals surface area contributed by atoms with Gasteiger partial charge in [0.2, 0.25) is 5.91 Å². The molecule has 0 saturated carbocycles. The van der Waals surface area contributed by atoms with E-state index in [9.17, 15) is 9.59 Å². The van der Waals surface area contributed by atoms with Gasteiger partial charge in [0, 0.05) is 42.1 Å². The molecule has 1 fully saturated rings. The van der Waals surface area contributed by atoms with Gasteiger partial charge >= 0.3 is 0 Å². The van der Waals surface area contributed by atoms with Crippen LogP contribution in [0.1, 0.15) is 44.8 Å². The quantitative estimate of drug-likeness (QED) is 0.836. The number of aryl methyl sites for hydroxylation is 2. The van der Waals surface area contributed by atoms with Crippen molar-refractivity contribution in [1.82, 2.24) is 9.80 Å². The van der Waals surface area contributed by atoms with E-state index in [2.05, 4.69) is 15.6 Å². The minimum Gasteiger partial charge on any atom is -0.336 e. The third-order valence-electron chi connectivity index (χ3n) is 6.20. The summed E-state index contributed by atoms with van der Waals surface area (Å²) in [5.74, 6) is 0.175. The number of nitrogens with zero attached hydrogens (tertiary/aromatic N) is 2. The van der Waals surface area contributed by atoms with Gasteiger partial charge in [-0.1, -0.05) is 12.1 Å². The Kier molecular flexibility index (Phi) is 6.01. The Balaban J connectivity index is 1.30. The second kappa shape index (κ2) is 8.67. The maximum Gasteiger partial charge on any atom is 0.255 e. The SMILES string of the molecule is Cc1cccc(NC(=O)CN2CCN(C(=O)c3csc4c3CCCC4)CC2)c1C. The van der Waals surface area contributed by atoms with Crippen LogP contribution in [-0.4, -0.2) is 54.3 Å². The molecule has 1 saturated heterocycles. The third kappa shape index (κ3) is 4.38. The summed E-state index contributed by atoms with van der Waals surface area (Å²) in [5, 5.41) is 5.09. The number of carbonyl (C=O) groups is 2. The number of amides is 2. The van der Waals surface area contributed by atoms with Crippen LogP contribution >= 0.6 is 11.3 Å². The highest BCUT2D eigenvalue weighted by atomic mass is 32.1. The number of thiophene rings is 1. The first-order valence-corrected chi connectivity index (χ1v) is 11.4. The predicted molar refractivity (Wildman–Crippen MR) is 118 cm³/mol. The molecule has 1 N–H and O–H groups in total. The summed E-state index contributed by atoms with van der Waals surface area (Å²) in [6.45, 7) is 7.27. The smallest absolute Gasteiger partial charge is 0.255 e. The predicted octanol–water partition coefficient (Wildman–Crippen LogP) is 3.64. The topological polar surface area (TPSA) is 52.7 Å². The fourth-order valence-electron chi connectivity index (χ4n) is 4.23. The number of nitrogens with one attached hydrogen (secondary N) is 1. The third-order valence-corrected chi connectivity index (χ3v) is 7.29. The zero-order valence-corrected chi connectivity index (χ0v) is 18.1. The lowest BCUT2D eigenvalue weighted by Crippen LogP contribution is -2.50. The molecule has 2 heterocycles. The number of benzene rings is 1. The first-order valence-electron chi connectivity index (χ1n) is 10.5. The van der Waals surface area contributed by atoms with E-state index in [0.29, 0.717) is 19.6 Å². The van der Waals surface area contributed by atoms with Gasteiger partial charge in [-0.05, 0) is 62.3 Å². The molecule has 6 heteroatoms. The highest BCUT2D eigenvalue weighted by molar-refractivity contribution is 7.10. The Morgan fingerprint density at radius 3 is 2.62 bits per heavy atom. The van der Waals surface area contributed by atoms with Crippen LogP contribution in [0.15, 0.2) is 23.6 Å². The van der Waals surface area contributed by atoms with E-state index in [1.165, 1.54) is 28.8 Å². The van der Waals surface area contributed by atoms with E-state index in [1.54, 1.807) is 11.3 Å². The van der Waals surface area contributed by atoms with Crippen LogP contribution in [0.25, 0.3) is 0 Å². The van der Waals surface area contributed by atoms with Crippen LogP contribution in [0.4, 0.5) is 5.69 Å². The summed E-state index contributed by atoms with van der Waals surface area (Å²) >= 11 is 1.75. The molecule has 4 rings (SSSR count). The van der Waals surface area contributed by atoms with Crippen LogP contribution in [0.2, 0.25) is 0 Å². The zero-order valence-electron chi connectivity index (χ0n) is 17.3. The highest BCUT2D eigenvalue weighted by Gasteiger charge is 2.27. The molecule has 1 aromatic carbocycles. The van der Waals surface area contributed by atoms with E-state index in [4.69, 9.17) is 0 Å². The maximum absolute atomic E-state index is 13.0. The fourth-order valence-corrected chi connectivity index (χ4v) is 5.35. The average molecular weight is 412 g/mol. The monoisotopic (exact) mass is 411 g/mol. The number of rotatable bonds is 4. The van der Waals surface area contributed by atoms with Gasteiger partial charge in [-0.3, -0.25) is 14.5 Å².